The fraction of sp³-hybridized carbons (Fsp3) is 0.650. The second-order valence-corrected chi connectivity index (χ2v) is 8.34. The zero-order chi connectivity index (χ0) is 17.4. The monoisotopic (exact) mass is 350 g/mol. The predicted octanol–water partition coefficient (Wildman–Crippen LogP) is 4.74. The van der Waals surface area contributed by atoms with Gasteiger partial charge in [0, 0.05) is 6.42 Å². The molecule has 4 heteroatoms. The van der Waals surface area contributed by atoms with Crippen LogP contribution in [-0.4, -0.2) is 24.5 Å². The normalized spacial score (nSPS) is 19.5. The molecule has 1 aliphatic carbocycles. The van der Waals surface area contributed by atoms with E-state index in [1.54, 1.807) is 0 Å². The van der Waals surface area contributed by atoms with E-state index in [2.05, 4.69) is 28.3 Å². The Balaban J connectivity index is 1.90. The lowest BCUT2D eigenvalue weighted by Crippen LogP contribution is -2.33. The molecule has 3 atom stereocenters. The first kappa shape index (κ1) is 19.4. The Bertz CT molecular complexity index is 495. The van der Waals surface area contributed by atoms with Crippen LogP contribution in [0, 0.1) is 5.41 Å². The van der Waals surface area contributed by atoms with Crippen LogP contribution in [0.1, 0.15) is 57.9 Å². The Morgan fingerprint density at radius 2 is 1.88 bits per heavy atom. The summed E-state index contributed by atoms with van der Waals surface area (Å²) < 4.78 is 11.6. The van der Waals surface area contributed by atoms with Crippen LogP contribution in [0.15, 0.2) is 30.3 Å². The first-order chi connectivity index (χ1) is 11.5. The number of benzene rings is 1. The summed E-state index contributed by atoms with van der Waals surface area (Å²) in [5.41, 5.74) is 1.26. The third-order valence-electron chi connectivity index (χ3n) is 4.88. The van der Waals surface area contributed by atoms with Crippen molar-refractivity contribution in [2.75, 3.05) is 6.61 Å². The number of carbonyl (C=O) groups is 1. The van der Waals surface area contributed by atoms with Crippen molar-refractivity contribution in [1.29, 1.82) is 0 Å². The minimum atomic E-state index is -0.438. The van der Waals surface area contributed by atoms with E-state index in [1.807, 2.05) is 25.1 Å². The van der Waals surface area contributed by atoms with E-state index in [0.717, 1.165) is 12.8 Å². The molecular formula is C20H31O3P. The second kappa shape index (κ2) is 9.53. The lowest BCUT2D eigenvalue weighted by Gasteiger charge is -2.36. The van der Waals surface area contributed by atoms with Gasteiger partial charge in [-0.1, -0.05) is 56.5 Å². The molecule has 0 radical (unpaired) electrons. The maximum absolute atomic E-state index is 12.0. The van der Waals surface area contributed by atoms with E-state index >= 15 is 0 Å². The van der Waals surface area contributed by atoms with E-state index < -0.39 is 6.29 Å². The molecule has 0 N–H and O–H groups in total. The molecule has 0 saturated heterocycles. The third-order valence-corrected chi connectivity index (χ3v) is 5.15. The predicted molar refractivity (Wildman–Crippen MR) is 101 cm³/mol. The van der Waals surface area contributed by atoms with Gasteiger partial charge in [0.15, 0.2) is 0 Å². The highest BCUT2D eigenvalue weighted by atomic mass is 31.0. The third kappa shape index (κ3) is 6.53. The van der Waals surface area contributed by atoms with Gasteiger partial charge in [-0.2, -0.15) is 0 Å². The Morgan fingerprint density at radius 1 is 1.21 bits per heavy atom. The maximum Gasteiger partial charge on any atom is 0.314 e. The summed E-state index contributed by atoms with van der Waals surface area (Å²) in [6.07, 6.45) is 7.43. The van der Waals surface area contributed by atoms with Gasteiger partial charge in [0.05, 0.1) is 12.3 Å². The van der Waals surface area contributed by atoms with Crippen LogP contribution in [0.3, 0.4) is 0 Å². The van der Waals surface area contributed by atoms with Crippen molar-refractivity contribution in [3.63, 3.8) is 0 Å². The standard InChI is InChI=1S/C20H31O3P/c1-16(24)19(21)23-18(15-20(2)12-7-4-8-13-20)22-14-11-17-9-5-3-6-10-17/h3,5-6,9-10,16,18H,4,7-8,11-15,24H2,1-2H3. The zero-order valence-corrected chi connectivity index (χ0v) is 16.2. The van der Waals surface area contributed by atoms with Crippen molar-refractivity contribution in [2.45, 2.75) is 70.7 Å². The number of hydrogen-bond donors (Lipinski definition) is 0. The fourth-order valence-corrected chi connectivity index (χ4v) is 3.41. The molecule has 1 aromatic rings. The Kier molecular flexibility index (Phi) is 7.71. The second-order valence-electron chi connectivity index (χ2n) is 7.34. The molecule has 2 rings (SSSR count). The molecule has 0 amide bonds. The van der Waals surface area contributed by atoms with Crippen molar-refractivity contribution >= 4 is 15.2 Å². The highest BCUT2D eigenvalue weighted by molar-refractivity contribution is 7.19. The minimum Gasteiger partial charge on any atom is -0.435 e. The van der Waals surface area contributed by atoms with Crippen LogP contribution < -0.4 is 0 Å². The molecule has 0 heterocycles. The first-order valence-electron chi connectivity index (χ1n) is 9.10. The van der Waals surface area contributed by atoms with Gasteiger partial charge in [0.1, 0.15) is 0 Å². The molecular weight excluding hydrogens is 319 g/mol. The molecule has 0 bridgehead atoms. The van der Waals surface area contributed by atoms with Crippen LogP contribution >= 0.6 is 9.24 Å². The lowest BCUT2D eigenvalue weighted by molar-refractivity contribution is -0.185. The molecule has 1 aromatic carbocycles. The van der Waals surface area contributed by atoms with Gasteiger partial charge in [-0.15, -0.1) is 9.24 Å². The van der Waals surface area contributed by atoms with E-state index in [9.17, 15) is 4.79 Å². The van der Waals surface area contributed by atoms with Crippen molar-refractivity contribution < 1.29 is 14.3 Å². The largest absolute Gasteiger partial charge is 0.435 e. The van der Waals surface area contributed by atoms with Gasteiger partial charge >= 0.3 is 5.97 Å². The molecule has 0 aromatic heterocycles. The molecule has 24 heavy (non-hydrogen) atoms. The van der Waals surface area contributed by atoms with E-state index in [1.165, 1.54) is 37.7 Å². The molecule has 1 aliphatic rings. The van der Waals surface area contributed by atoms with Crippen molar-refractivity contribution in [3.05, 3.63) is 35.9 Å². The summed E-state index contributed by atoms with van der Waals surface area (Å²) in [7, 11) is 2.50. The summed E-state index contributed by atoms with van der Waals surface area (Å²) in [6, 6.07) is 10.3. The summed E-state index contributed by atoms with van der Waals surface area (Å²) in [4.78, 5) is 12.0. The Labute approximate surface area is 148 Å². The molecule has 0 aliphatic heterocycles. The van der Waals surface area contributed by atoms with Gasteiger partial charge in [-0.05, 0) is 37.2 Å². The lowest BCUT2D eigenvalue weighted by atomic mass is 9.73. The average Bonchev–Trinajstić information content (AvgIpc) is 2.56. The molecule has 3 unspecified atom stereocenters. The quantitative estimate of drug-likeness (QED) is 0.386. The molecule has 0 spiro atoms. The van der Waals surface area contributed by atoms with Gasteiger partial charge < -0.3 is 9.47 Å². The number of esters is 1. The summed E-state index contributed by atoms with van der Waals surface area (Å²) in [6.45, 7) is 4.71. The summed E-state index contributed by atoms with van der Waals surface area (Å²) in [5, 5.41) is 0. The molecule has 1 fully saturated rings. The summed E-state index contributed by atoms with van der Waals surface area (Å²) in [5.74, 6) is -0.205. The van der Waals surface area contributed by atoms with Gasteiger partial charge in [-0.3, -0.25) is 4.79 Å². The van der Waals surface area contributed by atoms with E-state index in [-0.39, 0.29) is 17.0 Å². The topological polar surface area (TPSA) is 35.5 Å². The summed E-state index contributed by atoms with van der Waals surface area (Å²) >= 11 is 0. The highest BCUT2D eigenvalue weighted by Gasteiger charge is 2.32. The molecule has 1 saturated carbocycles. The van der Waals surface area contributed by atoms with E-state index in [0.29, 0.717) is 6.61 Å². The molecule has 3 nitrogen and oxygen atoms in total. The van der Waals surface area contributed by atoms with Crippen LogP contribution in [0.5, 0.6) is 0 Å². The van der Waals surface area contributed by atoms with Crippen LogP contribution in [-0.2, 0) is 20.7 Å². The average molecular weight is 350 g/mol. The van der Waals surface area contributed by atoms with Crippen molar-refractivity contribution in [3.8, 4) is 0 Å². The Hall–Kier alpha value is -0.920. The SMILES string of the molecule is CC(P)C(=O)OC(CC1(C)CCCCC1)OCCc1ccccc1. The highest BCUT2D eigenvalue weighted by Crippen LogP contribution is 2.40. The zero-order valence-electron chi connectivity index (χ0n) is 15.0. The smallest absolute Gasteiger partial charge is 0.314 e. The maximum atomic E-state index is 12.0. The minimum absolute atomic E-state index is 0.204. The fourth-order valence-electron chi connectivity index (χ4n) is 3.34. The number of carbonyl (C=O) groups excluding carboxylic acids is 1. The van der Waals surface area contributed by atoms with Crippen molar-refractivity contribution in [1.82, 2.24) is 0 Å². The molecule has 134 valence electrons. The Morgan fingerprint density at radius 3 is 2.50 bits per heavy atom. The number of hydrogen-bond acceptors (Lipinski definition) is 3. The van der Waals surface area contributed by atoms with Crippen LogP contribution in [0.2, 0.25) is 0 Å². The van der Waals surface area contributed by atoms with Crippen LogP contribution in [0.25, 0.3) is 0 Å². The first-order valence-corrected chi connectivity index (χ1v) is 9.77. The van der Waals surface area contributed by atoms with Gasteiger partial charge in [0.25, 0.3) is 0 Å². The van der Waals surface area contributed by atoms with Crippen molar-refractivity contribution in [2.24, 2.45) is 5.41 Å². The van der Waals surface area contributed by atoms with E-state index in [4.69, 9.17) is 9.47 Å². The van der Waals surface area contributed by atoms with Gasteiger partial charge in [-0.25, -0.2) is 0 Å². The van der Waals surface area contributed by atoms with Gasteiger partial charge in [0.2, 0.25) is 6.29 Å². The number of rotatable bonds is 8. The van der Waals surface area contributed by atoms with Crippen LogP contribution in [0.4, 0.5) is 0 Å². The number of ether oxygens (including phenoxy) is 2.